The lowest BCUT2D eigenvalue weighted by atomic mass is 9.97. The van der Waals surface area contributed by atoms with Gasteiger partial charge in [0.25, 0.3) is 0 Å². The summed E-state index contributed by atoms with van der Waals surface area (Å²) >= 11 is 0. The highest BCUT2D eigenvalue weighted by atomic mass is 31.1. The SMILES string of the molecule is CCCCCCCCC[PH+](CCC(CC)CCCC)c1ccccc1. The summed E-state index contributed by atoms with van der Waals surface area (Å²) in [6.45, 7) is 7.02. The van der Waals surface area contributed by atoms with Crippen LogP contribution < -0.4 is 5.30 Å². The van der Waals surface area contributed by atoms with Gasteiger partial charge < -0.3 is 0 Å². The van der Waals surface area contributed by atoms with Gasteiger partial charge >= 0.3 is 0 Å². The maximum atomic E-state index is 2.41. The van der Waals surface area contributed by atoms with Gasteiger partial charge in [0.2, 0.25) is 0 Å². The van der Waals surface area contributed by atoms with Crippen LogP contribution in [0, 0.1) is 5.92 Å². The van der Waals surface area contributed by atoms with Crippen molar-refractivity contribution < 1.29 is 0 Å². The third-order valence-corrected chi connectivity index (χ3v) is 8.66. The first-order valence-corrected chi connectivity index (χ1v) is 13.1. The Bertz CT molecular complexity index is 386. The summed E-state index contributed by atoms with van der Waals surface area (Å²) in [6.07, 6.45) is 20.1. The van der Waals surface area contributed by atoms with Crippen LogP contribution in [0.3, 0.4) is 0 Å². The third kappa shape index (κ3) is 11.1. The third-order valence-electron chi connectivity index (χ3n) is 5.66. The van der Waals surface area contributed by atoms with E-state index in [9.17, 15) is 0 Å². The lowest BCUT2D eigenvalue weighted by Gasteiger charge is -2.16. The highest BCUT2D eigenvalue weighted by Crippen LogP contribution is 2.38. The Balaban J connectivity index is 2.39. The van der Waals surface area contributed by atoms with Crippen LogP contribution in [0.2, 0.25) is 0 Å². The van der Waals surface area contributed by atoms with E-state index in [1.54, 1.807) is 5.30 Å². The predicted octanol–water partition coefficient (Wildman–Crippen LogP) is 7.88. The molecule has 0 amide bonds. The van der Waals surface area contributed by atoms with Gasteiger partial charge in [-0.05, 0) is 37.3 Å². The molecule has 0 fully saturated rings. The summed E-state index contributed by atoms with van der Waals surface area (Å²) in [5, 5.41) is 1.68. The number of benzene rings is 1. The number of unbranched alkanes of at least 4 members (excludes halogenated alkanes) is 7. The Morgan fingerprint density at radius 3 is 1.96 bits per heavy atom. The van der Waals surface area contributed by atoms with Crippen LogP contribution >= 0.6 is 7.92 Å². The van der Waals surface area contributed by atoms with Gasteiger partial charge in [-0.2, -0.15) is 0 Å². The van der Waals surface area contributed by atoms with Crippen LogP contribution in [-0.2, 0) is 0 Å². The highest BCUT2D eigenvalue weighted by Gasteiger charge is 2.20. The molecule has 0 bridgehead atoms. The maximum Gasteiger partial charge on any atom is 0.0914 e. The van der Waals surface area contributed by atoms with Crippen molar-refractivity contribution in [3.05, 3.63) is 30.3 Å². The smallest absolute Gasteiger partial charge is 0.0654 e. The molecular formula is C24H44P+. The highest BCUT2D eigenvalue weighted by molar-refractivity contribution is 7.65. The molecular weight excluding hydrogens is 319 g/mol. The standard InChI is InChI=1S/C24H43P/c1-4-7-9-10-11-12-16-21-25(24-18-14-13-15-19-24)22-20-23(6-3)17-8-5-2/h13-15,18-19,23H,4-12,16-17,20-22H2,1-3H3/p+1. The van der Waals surface area contributed by atoms with E-state index in [-0.39, 0.29) is 7.92 Å². The zero-order valence-corrected chi connectivity index (χ0v) is 18.4. The fourth-order valence-electron chi connectivity index (χ4n) is 3.81. The summed E-state index contributed by atoms with van der Waals surface area (Å²) in [4.78, 5) is 0. The molecule has 0 aliphatic carbocycles. The molecule has 1 heteroatoms. The topological polar surface area (TPSA) is 0 Å². The number of hydrogen-bond donors (Lipinski definition) is 0. The van der Waals surface area contributed by atoms with Crippen molar-refractivity contribution in [2.75, 3.05) is 12.3 Å². The molecule has 2 unspecified atom stereocenters. The van der Waals surface area contributed by atoms with Crippen molar-refractivity contribution in [3.63, 3.8) is 0 Å². The molecule has 0 spiro atoms. The van der Waals surface area contributed by atoms with Gasteiger partial charge in [0.05, 0.1) is 17.6 Å². The summed E-state index contributed by atoms with van der Waals surface area (Å²) in [6, 6.07) is 11.5. The minimum atomic E-state index is -0.349. The molecule has 0 heterocycles. The van der Waals surface area contributed by atoms with E-state index in [4.69, 9.17) is 0 Å². The first kappa shape index (κ1) is 22.7. The van der Waals surface area contributed by atoms with E-state index in [0.29, 0.717) is 0 Å². The van der Waals surface area contributed by atoms with Crippen molar-refractivity contribution in [1.29, 1.82) is 0 Å². The van der Waals surface area contributed by atoms with Crippen LogP contribution in [0.1, 0.15) is 97.8 Å². The molecule has 0 aliphatic rings. The number of hydrogen-bond acceptors (Lipinski definition) is 0. The van der Waals surface area contributed by atoms with E-state index in [1.807, 2.05) is 0 Å². The zero-order chi connectivity index (χ0) is 18.2. The average molecular weight is 364 g/mol. The van der Waals surface area contributed by atoms with Crippen LogP contribution in [0.25, 0.3) is 0 Å². The van der Waals surface area contributed by atoms with Gasteiger partial charge in [-0.1, -0.05) is 96.8 Å². The Morgan fingerprint density at radius 2 is 1.32 bits per heavy atom. The summed E-state index contributed by atoms with van der Waals surface area (Å²) < 4.78 is 0. The molecule has 0 aliphatic heterocycles. The molecule has 0 radical (unpaired) electrons. The second-order valence-corrected chi connectivity index (χ2v) is 10.6. The Hall–Kier alpha value is -0.350. The molecule has 144 valence electrons. The fourth-order valence-corrected chi connectivity index (χ4v) is 6.73. The van der Waals surface area contributed by atoms with Crippen molar-refractivity contribution >= 4 is 13.2 Å². The molecule has 1 aromatic rings. The van der Waals surface area contributed by atoms with Crippen LogP contribution in [0.15, 0.2) is 30.3 Å². The average Bonchev–Trinajstić information content (AvgIpc) is 2.66. The lowest BCUT2D eigenvalue weighted by Crippen LogP contribution is -2.09. The molecule has 1 aromatic carbocycles. The largest absolute Gasteiger partial charge is 0.0914 e. The molecule has 2 atom stereocenters. The van der Waals surface area contributed by atoms with Gasteiger partial charge in [0.15, 0.2) is 0 Å². The second kappa shape index (κ2) is 15.9. The van der Waals surface area contributed by atoms with E-state index in [1.165, 1.54) is 89.4 Å². The van der Waals surface area contributed by atoms with E-state index in [0.717, 1.165) is 5.92 Å². The minimum absolute atomic E-state index is 0.349. The monoisotopic (exact) mass is 363 g/mol. The van der Waals surface area contributed by atoms with Crippen molar-refractivity contribution in [3.8, 4) is 0 Å². The van der Waals surface area contributed by atoms with Crippen LogP contribution in [0.5, 0.6) is 0 Å². The van der Waals surface area contributed by atoms with Crippen molar-refractivity contribution in [2.45, 2.75) is 97.8 Å². The van der Waals surface area contributed by atoms with Gasteiger partial charge in [0, 0.05) is 7.92 Å². The first-order valence-electron chi connectivity index (χ1n) is 11.2. The molecule has 0 saturated heterocycles. The maximum absolute atomic E-state index is 2.41. The van der Waals surface area contributed by atoms with Crippen molar-refractivity contribution in [1.82, 2.24) is 0 Å². The summed E-state index contributed by atoms with van der Waals surface area (Å²) in [7, 11) is -0.349. The van der Waals surface area contributed by atoms with Gasteiger partial charge in [-0.25, -0.2) is 0 Å². The Labute approximate surface area is 160 Å². The number of rotatable bonds is 16. The van der Waals surface area contributed by atoms with E-state index >= 15 is 0 Å². The second-order valence-electron chi connectivity index (χ2n) is 7.80. The van der Waals surface area contributed by atoms with Gasteiger partial charge in [-0.15, -0.1) is 0 Å². The molecule has 1 rings (SSSR count). The normalized spacial score (nSPS) is 13.7. The predicted molar refractivity (Wildman–Crippen MR) is 120 cm³/mol. The Morgan fingerprint density at radius 1 is 0.680 bits per heavy atom. The van der Waals surface area contributed by atoms with Gasteiger partial charge in [0.1, 0.15) is 0 Å². The molecule has 0 saturated carbocycles. The summed E-state index contributed by atoms with van der Waals surface area (Å²) in [5.41, 5.74) is 0. The van der Waals surface area contributed by atoms with Gasteiger partial charge in [-0.3, -0.25) is 0 Å². The quantitative estimate of drug-likeness (QED) is 0.207. The van der Waals surface area contributed by atoms with E-state index in [2.05, 4.69) is 51.1 Å². The van der Waals surface area contributed by atoms with Crippen LogP contribution in [0.4, 0.5) is 0 Å². The minimum Gasteiger partial charge on any atom is -0.0654 e. The van der Waals surface area contributed by atoms with Crippen molar-refractivity contribution in [2.24, 2.45) is 5.92 Å². The lowest BCUT2D eigenvalue weighted by molar-refractivity contribution is 0.441. The fraction of sp³-hybridized carbons (Fsp3) is 0.750. The molecule has 0 aromatic heterocycles. The van der Waals surface area contributed by atoms with E-state index < -0.39 is 0 Å². The van der Waals surface area contributed by atoms with Crippen LogP contribution in [-0.4, -0.2) is 12.3 Å². The molecule has 0 nitrogen and oxygen atoms in total. The Kier molecular flexibility index (Phi) is 14.4. The first-order chi connectivity index (χ1) is 12.3. The molecule has 25 heavy (non-hydrogen) atoms. The molecule has 0 N–H and O–H groups in total. The summed E-state index contributed by atoms with van der Waals surface area (Å²) in [5.74, 6) is 0.970. The zero-order valence-electron chi connectivity index (χ0n) is 17.4.